The van der Waals surface area contributed by atoms with Crippen LogP contribution < -0.4 is 5.73 Å². The summed E-state index contributed by atoms with van der Waals surface area (Å²) < 4.78 is 0. The van der Waals surface area contributed by atoms with Gasteiger partial charge >= 0.3 is 0 Å². The molecule has 0 spiro atoms. The molecule has 1 aliphatic heterocycles. The molecule has 1 aromatic rings. The van der Waals surface area contributed by atoms with E-state index in [1.165, 1.54) is 50.0 Å². The minimum Gasteiger partial charge on any atom is -0.328 e. The summed E-state index contributed by atoms with van der Waals surface area (Å²) in [5.41, 5.74) is 8.85. The van der Waals surface area contributed by atoms with E-state index in [4.69, 9.17) is 5.73 Å². The Bertz CT molecular complexity index is 337. The van der Waals surface area contributed by atoms with Gasteiger partial charge in [-0.25, -0.2) is 0 Å². The minimum atomic E-state index is 0.439. The van der Waals surface area contributed by atoms with Crippen LogP contribution in [0.3, 0.4) is 0 Å². The van der Waals surface area contributed by atoms with Crippen LogP contribution in [0, 0.1) is 0 Å². The zero-order valence-corrected chi connectivity index (χ0v) is 11.6. The highest BCUT2D eigenvalue weighted by atomic mass is 15.1. The Balaban J connectivity index is 1.76. The summed E-state index contributed by atoms with van der Waals surface area (Å²) in [4.78, 5) is 2.54. The van der Waals surface area contributed by atoms with Gasteiger partial charge in [-0.15, -0.1) is 0 Å². The minimum absolute atomic E-state index is 0.439. The molecule has 2 nitrogen and oxygen atoms in total. The first-order valence-corrected chi connectivity index (χ1v) is 7.33. The van der Waals surface area contributed by atoms with Gasteiger partial charge in [0.05, 0.1) is 0 Å². The SMILES string of the molecule is CCCc1ccc(CCN2CCC(N)CC2)cc1. The molecule has 0 amide bonds. The fourth-order valence-electron chi connectivity index (χ4n) is 2.63. The van der Waals surface area contributed by atoms with Crippen LogP contribution >= 0.6 is 0 Å². The van der Waals surface area contributed by atoms with Gasteiger partial charge in [-0.3, -0.25) is 0 Å². The van der Waals surface area contributed by atoms with Crippen molar-refractivity contribution in [2.75, 3.05) is 19.6 Å². The number of hydrogen-bond acceptors (Lipinski definition) is 2. The van der Waals surface area contributed by atoms with Crippen LogP contribution in [0.2, 0.25) is 0 Å². The zero-order chi connectivity index (χ0) is 12.8. The first kappa shape index (κ1) is 13.6. The van der Waals surface area contributed by atoms with E-state index in [9.17, 15) is 0 Å². The summed E-state index contributed by atoms with van der Waals surface area (Å²) in [5, 5.41) is 0. The third-order valence-corrected chi connectivity index (χ3v) is 3.91. The monoisotopic (exact) mass is 246 g/mol. The Kier molecular flexibility index (Phi) is 5.21. The lowest BCUT2D eigenvalue weighted by molar-refractivity contribution is 0.215. The normalized spacial score (nSPS) is 18.1. The van der Waals surface area contributed by atoms with Crippen molar-refractivity contribution < 1.29 is 0 Å². The molecule has 1 fully saturated rings. The standard InChI is InChI=1S/C16H26N2/c1-2-3-14-4-6-15(7-5-14)8-11-18-12-9-16(17)10-13-18/h4-7,16H,2-3,8-13,17H2,1H3. The third-order valence-electron chi connectivity index (χ3n) is 3.91. The summed E-state index contributed by atoms with van der Waals surface area (Å²) in [6.45, 7) is 5.76. The highest BCUT2D eigenvalue weighted by Gasteiger charge is 2.15. The first-order valence-electron chi connectivity index (χ1n) is 7.33. The number of aryl methyl sites for hydroxylation is 1. The van der Waals surface area contributed by atoms with Gasteiger partial charge in [0.1, 0.15) is 0 Å². The van der Waals surface area contributed by atoms with E-state index in [0.29, 0.717) is 6.04 Å². The summed E-state index contributed by atoms with van der Waals surface area (Å²) in [5.74, 6) is 0. The number of likely N-dealkylation sites (tertiary alicyclic amines) is 1. The Morgan fingerprint density at radius 3 is 2.17 bits per heavy atom. The number of nitrogens with zero attached hydrogens (tertiary/aromatic N) is 1. The number of nitrogens with two attached hydrogens (primary N) is 1. The zero-order valence-electron chi connectivity index (χ0n) is 11.6. The van der Waals surface area contributed by atoms with E-state index in [2.05, 4.69) is 36.1 Å². The summed E-state index contributed by atoms with van der Waals surface area (Å²) in [7, 11) is 0. The van der Waals surface area contributed by atoms with Crippen molar-refractivity contribution in [2.45, 2.75) is 45.1 Å². The molecule has 0 aliphatic carbocycles. The molecule has 1 saturated heterocycles. The second-order valence-corrected chi connectivity index (χ2v) is 5.50. The molecule has 0 atom stereocenters. The molecule has 2 N–H and O–H groups in total. The van der Waals surface area contributed by atoms with Crippen molar-refractivity contribution in [3.8, 4) is 0 Å². The predicted octanol–water partition coefficient (Wildman–Crippen LogP) is 2.60. The average molecular weight is 246 g/mol. The Labute approximate surface area is 111 Å². The first-order chi connectivity index (χ1) is 8.78. The van der Waals surface area contributed by atoms with Crippen LogP contribution in [0.1, 0.15) is 37.3 Å². The number of piperidine rings is 1. The molecule has 100 valence electrons. The lowest BCUT2D eigenvalue weighted by Crippen LogP contribution is -2.40. The van der Waals surface area contributed by atoms with Crippen LogP contribution in [0.25, 0.3) is 0 Å². The molecule has 0 bridgehead atoms. The van der Waals surface area contributed by atoms with E-state index in [1.807, 2.05) is 0 Å². The average Bonchev–Trinajstić information content (AvgIpc) is 2.40. The van der Waals surface area contributed by atoms with Gasteiger partial charge < -0.3 is 10.6 Å². The summed E-state index contributed by atoms with van der Waals surface area (Å²) in [6.07, 6.45) is 5.92. The van der Waals surface area contributed by atoms with Crippen molar-refractivity contribution >= 4 is 0 Å². The van der Waals surface area contributed by atoms with Crippen LogP contribution in [0.5, 0.6) is 0 Å². The molecular formula is C16H26N2. The maximum atomic E-state index is 5.92. The maximum absolute atomic E-state index is 5.92. The lowest BCUT2D eigenvalue weighted by atomic mass is 10.0. The molecule has 18 heavy (non-hydrogen) atoms. The van der Waals surface area contributed by atoms with Crippen molar-refractivity contribution in [2.24, 2.45) is 5.73 Å². The quantitative estimate of drug-likeness (QED) is 0.865. The van der Waals surface area contributed by atoms with Crippen molar-refractivity contribution in [1.82, 2.24) is 4.90 Å². The maximum Gasteiger partial charge on any atom is 0.00631 e. The molecule has 2 rings (SSSR count). The topological polar surface area (TPSA) is 29.3 Å². The van der Waals surface area contributed by atoms with Crippen molar-refractivity contribution in [1.29, 1.82) is 0 Å². The van der Waals surface area contributed by atoms with Crippen LogP contribution in [-0.2, 0) is 12.8 Å². The van der Waals surface area contributed by atoms with Gasteiger partial charge in [0, 0.05) is 12.6 Å². The van der Waals surface area contributed by atoms with Crippen molar-refractivity contribution in [3.63, 3.8) is 0 Å². The van der Waals surface area contributed by atoms with E-state index in [1.54, 1.807) is 0 Å². The number of benzene rings is 1. The predicted molar refractivity (Wildman–Crippen MR) is 77.8 cm³/mol. The Hall–Kier alpha value is -0.860. The highest BCUT2D eigenvalue weighted by Crippen LogP contribution is 2.11. The van der Waals surface area contributed by atoms with Crippen LogP contribution in [-0.4, -0.2) is 30.6 Å². The molecule has 0 aromatic heterocycles. The molecule has 0 radical (unpaired) electrons. The molecule has 1 aliphatic rings. The second kappa shape index (κ2) is 6.91. The molecule has 0 saturated carbocycles. The van der Waals surface area contributed by atoms with Gasteiger partial charge in [0.25, 0.3) is 0 Å². The van der Waals surface area contributed by atoms with Gasteiger partial charge in [-0.1, -0.05) is 37.6 Å². The van der Waals surface area contributed by atoms with E-state index < -0.39 is 0 Å². The largest absolute Gasteiger partial charge is 0.328 e. The molecule has 1 aromatic carbocycles. The smallest absolute Gasteiger partial charge is 0.00631 e. The fraction of sp³-hybridized carbons (Fsp3) is 0.625. The molecule has 2 heteroatoms. The van der Waals surface area contributed by atoms with Gasteiger partial charge in [-0.05, 0) is 49.9 Å². The third kappa shape index (κ3) is 4.11. The van der Waals surface area contributed by atoms with E-state index >= 15 is 0 Å². The van der Waals surface area contributed by atoms with Crippen LogP contribution in [0.15, 0.2) is 24.3 Å². The Morgan fingerprint density at radius 1 is 1.06 bits per heavy atom. The number of hydrogen-bond donors (Lipinski definition) is 1. The molecule has 0 unspecified atom stereocenters. The highest BCUT2D eigenvalue weighted by molar-refractivity contribution is 5.22. The fourth-order valence-corrected chi connectivity index (χ4v) is 2.63. The summed E-state index contributed by atoms with van der Waals surface area (Å²) >= 11 is 0. The van der Waals surface area contributed by atoms with Crippen molar-refractivity contribution in [3.05, 3.63) is 35.4 Å². The Morgan fingerprint density at radius 2 is 1.61 bits per heavy atom. The molecular weight excluding hydrogens is 220 g/mol. The van der Waals surface area contributed by atoms with Gasteiger partial charge in [0.2, 0.25) is 0 Å². The number of rotatable bonds is 5. The van der Waals surface area contributed by atoms with Crippen LogP contribution in [0.4, 0.5) is 0 Å². The van der Waals surface area contributed by atoms with E-state index in [0.717, 1.165) is 12.8 Å². The second-order valence-electron chi connectivity index (χ2n) is 5.50. The van der Waals surface area contributed by atoms with Gasteiger partial charge in [0.15, 0.2) is 0 Å². The summed E-state index contributed by atoms with van der Waals surface area (Å²) in [6, 6.07) is 9.59. The molecule has 1 heterocycles. The lowest BCUT2D eigenvalue weighted by Gasteiger charge is -2.29. The van der Waals surface area contributed by atoms with Gasteiger partial charge in [-0.2, -0.15) is 0 Å². The van der Waals surface area contributed by atoms with E-state index in [-0.39, 0.29) is 0 Å².